The Balaban J connectivity index is 0. The topological polar surface area (TPSA) is 76.8 Å². The Hall–Kier alpha value is -0.920. The number of nitrogens with one attached hydrogen (secondary N) is 1. The van der Waals surface area contributed by atoms with Gasteiger partial charge in [0.05, 0.1) is 29.5 Å². The van der Waals surface area contributed by atoms with Gasteiger partial charge in [-0.2, -0.15) is 0 Å². The second-order valence-electron chi connectivity index (χ2n) is 5.45. The quantitative estimate of drug-likeness (QED) is 0.605. The van der Waals surface area contributed by atoms with E-state index in [0.29, 0.717) is 35.2 Å². The molecule has 0 aromatic heterocycles. The third kappa shape index (κ3) is 8.83. The molecule has 0 spiro atoms. The lowest BCUT2D eigenvalue weighted by atomic mass is 10.1. The molecule has 25 heavy (non-hydrogen) atoms. The van der Waals surface area contributed by atoms with Crippen molar-refractivity contribution < 1.29 is 14.3 Å². The van der Waals surface area contributed by atoms with E-state index in [2.05, 4.69) is 10.2 Å². The van der Waals surface area contributed by atoms with Gasteiger partial charge >= 0.3 is 0 Å². The van der Waals surface area contributed by atoms with Crippen LogP contribution in [0.4, 0.5) is 5.69 Å². The zero-order chi connectivity index (χ0) is 17.4. The summed E-state index contributed by atoms with van der Waals surface area (Å²) < 4.78 is 10.9. The van der Waals surface area contributed by atoms with Crippen LogP contribution in [0.3, 0.4) is 0 Å². The van der Waals surface area contributed by atoms with Crippen LogP contribution in [0.2, 0.25) is 5.02 Å². The number of hydrogen-bond acceptors (Lipinski definition) is 5. The van der Waals surface area contributed by atoms with E-state index >= 15 is 0 Å². The number of benzene rings is 1. The van der Waals surface area contributed by atoms with Gasteiger partial charge in [-0.15, -0.1) is 24.8 Å². The number of ether oxygens (including phenoxy) is 2. The average molecular weight is 417 g/mol. The van der Waals surface area contributed by atoms with Gasteiger partial charge < -0.3 is 25.4 Å². The third-order valence-electron chi connectivity index (χ3n) is 3.35. The van der Waals surface area contributed by atoms with E-state index in [1.54, 1.807) is 6.07 Å². The Morgan fingerprint density at radius 2 is 2.00 bits per heavy atom. The average Bonchev–Trinajstić information content (AvgIpc) is 2.51. The summed E-state index contributed by atoms with van der Waals surface area (Å²) in [5.41, 5.74) is 6.46. The highest BCUT2D eigenvalue weighted by atomic mass is 35.5. The Morgan fingerprint density at radius 1 is 1.36 bits per heavy atom. The van der Waals surface area contributed by atoms with Crippen molar-refractivity contribution in [2.75, 3.05) is 46.6 Å². The van der Waals surface area contributed by atoms with Gasteiger partial charge in [-0.25, -0.2) is 0 Å². The van der Waals surface area contributed by atoms with Crippen molar-refractivity contribution in [3.05, 3.63) is 22.7 Å². The lowest BCUT2D eigenvalue weighted by Gasteiger charge is -2.20. The maximum atomic E-state index is 12.4. The first-order valence-electron chi connectivity index (χ1n) is 7.56. The fraction of sp³-hybridized carbons (Fsp3) is 0.562. The van der Waals surface area contributed by atoms with Crippen molar-refractivity contribution in [3.8, 4) is 5.75 Å². The van der Waals surface area contributed by atoms with Crippen LogP contribution in [0.1, 0.15) is 23.7 Å². The highest BCUT2D eigenvalue weighted by Crippen LogP contribution is 2.28. The van der Waals surface area contributed by atoms with Gasteiger partial charge in [-0.05, 0) is 33.5 Å². The summed E-state index contributed by atoms with van der Waals surface area (Å²) in [6, 6.07) is 3.06. The lowest BCUT2D eigenvalue weighted by Crippen LogP contribution is -2.35. The first kappa shape index (κ1) is 26.3. The largest absolute Gasteiger partial charge is 0.496 e. The summed E-state index contributed by atoms with van der Waals surface area (Å²) in [6.45, 7) is 3.85. The number of hydrogen-bond donors (Lipinski definition) is 2. The molecule has 0 saturated heterocycles. The van der Waals surface area contributed by atoms with Crippen LogP contribution in [0.25, 0.3) is 0 Å². The molecule has 6 nitrogen and oxygen atoms in total. The van der Waals surface area contributed by atoms with Crippen molar-refractivity contribution in [3.63, 3.8) is 0 Å². The van der Waals surface area contributed by atoms with E-state index in [-0.39, 0.29) is 36.8 Å². The number of amides is 1. The zero-order valence-corrected chi connectivity index (χ0v) is 17.4. The number of methoxy groups -OCH3 is 1. The van der Waals surface area contributed by atoms with Crippen LogP contribution < -0.4 is 15.8 Å². The maximum Gasteiger partial charge on any atom is 0.255 e. The Kier molecular flexibility index (Phi) is 14.0. The number of nitrogens with two attached hydrogens (primary N) is 1. The molecule has 0 saturated carbocycles. The van der Waals surface area contributed by atoms with Crippen LogP contribution in [-0.2, 0) is 4.74 Å². The fourth-order valence-electron chi connectivity index (χ4n) is 2.10. The van der Waals surface area contributed by atoms with E-state index in [0.717, 1.165) is 13.0 Å². The van der Waals surface area contributed by atoms with Gasteiger partial charge in [0.25, 0.3) is 5.91 Å². The SMILES string of the molecule is CCOC(CCN(C)C)CNC(=O)c1cc(Cl)c(N)cc1OC.Cl.Cl. The molecule has 3 N–H and O–H groups in total. The van der Waals surface area contributed by atoms with E-state index < -0.39 is 0 Å². The number of nitrogen functional groups attached to an aromatic ring is 1. The molecule has 0 aliphatic carbocycles. The molecule has 1 amide bonds. The number of anilines is 1. The first-order valence-corrected chi connectivity index (χ1v) is 7.94. The van der Waals surface area contributed by atoms with Crippen LogP contribution in [0, 0.1) is 0 Å². The molecule has 1 atom stereocenters. The summed E-state index contributed by atoms with van der Waals surface area (Å²) >= 11 is 5.99. The molecule has 9 heteroatoms. The van der Waals surface area contributed by atoms with Crippen molar-refractivity contribution in [2.24, 2.45) is 0 Å². The van der Waals surface area contributed by atoms with E-state index in [1.807, 2.05) is 21.0 Å². The lowest BCUT2D eigenvalue weighted by molar-refractivity contribution is 0.0495. The minimum absolute atomic E-state index is 0. The van der Waals surface area contributed by atoms with Crippen LogP contribution >= 0.6 is 36.4 Å². The van der Waals surface area contributed by atoms with Crippen LogP contribution in [-0.4, -0.2) is 57.8 Å². The molecule has 1 aromatic rings. The molecule has 0 aliphatic rings. The number of rotatable bonds is 9. The monoisotopic (exact) mass is 415 g/mol. The van der Waals surface area contributed by atoms with E-state index in [1.165, 1.54) is 13.2 Å². The molecule has 0 aliphatic heterocycles. The first-order chi connectivity index (χ1) is 10.9. The van der Waals surface area contributed by atoms with Gasteiger partial charge in [0.2, 0.25) is 0 Å². The van der Waals surface area contributed by atoms with Gasteiger partial charge in [-0.1, -0.05) is 11.6 Å². The maximum absolute atomic E-state index is 12.4. The molecule has 146 valence electrons. The molecule has 1 unspecified atom stereocenters. The molecule has 0 fully saturated rings. The molecular weight excluding hydrogens is 389 g/mol. The summed E-state index contributed by atoms with van der Waals surface area (Å²) in [6.07, 6.45) is 0.794. The number of halogens is 3. The second-order valence-corrected chi connectivity index (χ2v) is 5.86. The smallest absolute Gasteiger partial charge is 0.255 e. The van der Waals surface area contributed by atoms with Crippen molar-refractivity contribution in [1.29, 1.82) is 0 Å². The molecular formula is C16H28Cl3N3O3. The summed E-state index contributed by atoms with van der Waals surface area (Å²) in [7, 11) is 5.49. The predicted molar refractivity (Wildman–Crippen MR) is 108 cm³/mol. The van der Waals surface area contributed by atoms with Gasteiger partial charge in [0.15, 0.2) is 0 Å². The van der Waals surface area contributed by atoms with Crippen LogP contribution in [0.15, 0.2) is 12.1 Å². The van der Waals surface area contributed by atoms with Crippen LogP contribution in [0.5, 0.6) is 5.75 Å². The standard InChI is InChI=1S/C16H26ClN3O3.2ClH/c1-5-23-11(6-7-20(2)3)10-19-16(21)12-8-13(17)14(18)9-15(12)22-4;;/h8-9,11H,5-7,10,18H2,1-4H3,(H,19,21);2*1H. The Bertz CT molecular complexity index is 531. The number of nitrogens with zero attached hydrogens (tertiary/aromatic N) is 1. The van der Waals surface area contributed by atoms with Crippen molar-refractivity contribution >= 4 is 48.0 Å². The summed E-state index contributed by atoms with van der Waals surface area (Å²) in [5.74, 6) is 0.129. The third-order valence-corrected chi connectivity index (χ3v) is 3.68. The normalized spacial score (nSPS) is 11.3. The van der Waals surface area contributed by atoms with E-state index in [9.17, 15) is 4.79 Å². The minimum atomic E-state index is -0.265. The van der Waals surface area contributed by atoms with Gasteiger partial charge in [0, 0.05) is 25.8 Å². The fourth-order valence-corrected chi connectivity index (χ4v) is 2.26. The summed E-state index contributed by atoms with van der Waals surface area (Å²) in [5, 5.41) is 3.19. The zero-order valence-electron chi connectivity index (χ0n) is 15.0. The minimum Gasteiger partial charge on any atom is -0.496 e. The molecule has 0 heterocycles. The molecule has 0 radical (unpaired) electrons. The predicted octanol–water partition coefficient (Wildman–Crippen LogP) is 2.86. The van der Waals surface area contributed by atoms with Crippen molar-refractivity contribution in [2.45, 2.75) is 19.4 Å². The van der Waals surface area contributed by atoms with Gasteiger partial charge in [0.1, 0.15) is 5.75 Å². The summed E-state index contributed by atoms with van der Waals surface area (Å²) in [4.78, 5) is 14.5. The van der Waals surface area contributed by atoms with Crippen molar-refractivity contribution in [1.82, 2.24) is 10.2 Å². The molecule has 1 aromatic carbocycles. The van der Waals surface area contributed by atoms with Gasteiger partial charge in [-0.3, -0.25) is 4.79 Å². The second kappa shape index (κ2) is 13.3. The number of carbonyl (C=O) groups is 1. The molecule has 1 rings (SSSR count). The van der Waals surface area contributed by atoms with E-state index in [4.69, 9.17) is 26.8 Å². The highest BCUT2D eigenvalue weighted by Gasteiger charge is 2.17. The highest BCUT2D eigenvalue weighted by molar-refractivity contribution is 6.33. The Labute approximate surface area is 167 Å². The molecule has 0 bridgehead atoms. The Morgan fingerprint density at radius 3 is 2.52 bits per heavy atom. The number of carbonyl (C=O) groups excluding carboxylic acids is 1.